The van der Waals surface area contributed by atoms with Crippen molar-refractivity contribution in [1.82, 2.24) is 15.3 Å². The van der Waals surface area contributed by atoms with Crippen LogP contribution in [-0.4, -0.2) is 39.3 Å². The lowest BCUT2D eigenvalue weighted by atomic mass is 9.77. The van der Waals surface area contributed by atoms with Crippen molar-refractivity contribution in [3.05, 3.63) is 47.0 Å². The van der Waals surface area contributed by atoms with Gasteiger partial charge in [-0.2, -0.15) is 13.2 Å². The second kappa shape index (κ2) is 7.07. The molecule has 25 heavy (non-hydrogen) atoms. The number of hydrogen-bond acceptors (Lipinski definition) is 5. The van der Waals surface area contributed by atoms with Crippen molar-refractivity contribution in [1.29, 1.82) is 0 Å². The zero-order valence-electron chi connectivity index (χ0n) is 12.8. The van der Waals surface area contributed by atoms with Crippen LogP contribution in [0, 0.1) is 0 Å². The van der Waals surface area contributed by atoms with E-state index in [1.165, 1.54) is 19.1 Å². The number of aromatic amines is 1. The number of rotatable bonds is 5. The van der Waals surface area contributed by atoms with Gasteiger partial charge in [0.25, 0.3) is 5.91 Å². The maximum absolute atomic E-state index is 12.5. The highest BCUT2D eigenvalue weighted by Gasteiger charge is 2.33. The second-order valence-electron chi connectivity index (χ2n) is 5.21. The quantitative estimate of drug-likeness (QED) is 0.458. The van der Waals surface area contributed by atoms with E-state index < -0.39 is 30.9 Å². The minimum atomic E-state index is -4.57. The molecule has 2 rings (SSSR count). The number of benzene rings is 1. The monoisotopic (exact) mass is 355 g/mol. The molecule has 0 aliphatic heterocycles. The number of aldehydes is 1. The first-order valence-corrected chi connectivity index (χ1v) is 7.01. The number of carbonyl (C=O) groups excluding carboxylic acids is 2. The van der Waals surface area contributed by atoms with Crippen LogP contribution in [0.1, 0.15) is 45.2 Å². The van der Waals surface area contributed by atoms with E-state index in [0.717, 1.165) is 6.07 Å². The van der Waals surface area contributed by atoms with Crippen molar-refractivity contribution in [2.75, 3.05) is 0 Å². The molecule has 0 spiro atoms. The average molecular weight is 355 g/mol. The Labute approximate surface area is 140 Å². The Balaban J connectivity index is 2.16. The normalized spacial score (nSPS) is 12.6. The topological polar surface area (TPSA) is 115 Å². The van der Waals surface area contributed by atoms with E-state index in [1.54, 1.807) is 0 Å². The van der Waals surface area contributed by atoms with Gasteiger partial charge in [-0.25, -0.2) is 4.98 Å². The van der Waals surface area contributed by atoms with E-state index in [9.17, 15) is 22.8 Å². The lowest BCUT2D eigenvalue weighted by Crippen LogP contribution is -2.34. The van der Waals surface area contributed by atoms with Gasteiger partial charge in [-0.15, -0.1) is 0 Å². The van der Waals surface area contributed by atoms with Crippen LogP contribution in [0.3, 0.4) is 0 Å². The molecule has 11 heteroatoms. The summed E-state index contributed by atoms with van der Waals surface area (Å²) in [6, 6.07) is 2.74. The number of nitrogens with one attached hydrogen (secondary N) is 2. The fourth-order valence-corrected chi connectivity index (χ4v) is 2.10. The van der Waals surface area contributed by atoms with Crippen LogP contribution in [0.4, 0.5) is 13.2 Å². The van der Waals surface area contributed by atoms with E-state index in [2.05, 4.69) is 15.3 Å². The number of alkyl halides is 3. The Bertz CT molecular complexity index is 792. The van der Waals surface area contributed by atoms with Crippen LogP contribution in [0.15, 0.2) is 24.4 Å². The molecule has 1 atom stereocenters. The zero-order chi connectivity index (χ0) is 18.8. The number of H-pyrrole nitrogens is 1. The average Bonchev–Trinajstić information content (AvgIpc) is 3.04. The van der Waals surface area contributed by atoms with Gasteiger partial charge in [0.15, 0.2) is 0 Å². The fourth-order valence-electron chi connectivity index (χ4n) is 2.10. The summed E-state index contributed by atoms with van der Waals surface area (Å²) in [6.07, 6.45) is -3.59. The number of carbonyl (C=O) groups is 2. The summed E-state index contributed by atoms with van der Waals surface area (Å²) in [7, 11) is -1.87. The third-order valence-electron chi connectivity index (χ3n) is 3.41. The van der Waals surface area contributed by atoms with Gasteiger partial charge in [0, 0.05) is 11.1 Å². The highest BCUT2D eigenvalue weighted by Crippen LogP contribution is 2.28. The molecule has 132 valence electrons. The summed E-state index contributed by atoms with van der Waals surface area (Å²) in [4.78, 5) is 28.8. The molecule has 2 aromatic rings. The Kier molecular flexibility index (Phi) is 5.28. The van der Waals surface area contributed by atoms with Crippen molar-refractivity contribution in [2.24, 2.45) is 0 Å². The molecule has 0 fully saturated rings. The molecule has 1 unspecified atom stereocenters. The van der Waals surface area contributed by atoms with Gasteiger partial charge in [-0.1, -0.05) is 6.07 Å². The second-order valence-corrected chi connectivity index (χ2v) is 5.21. The smallest absolute Gasteiger partial charge is 0.423 e. The van der Waals surface area contributed by atoms with E-state index in [0.29, 0.717) is 12.5 Å². The molecule has 4 N–H and O–H groups in total. The van der Waals surface area contributed by atoms with Crippen LogP contribution < -0.4 is 10.8 Å². The van der Waals surface area contributed by atoms with Gasteiger partial charge < -0.3 is 20.3 Å². The van der Waals surface area contributed by atoms with Crippen molar-refractivity contribution < 1.29 is 32.8 Å². The predicted octanol–water partition coefficient (Wildman–Crippen LogP) is 0.412. The highest BCUT2D eigenvalue weighted by atomic mass is 19.4. The van der Waals surface area contributed by atoms with Crippen LogP contribution >= 0.6 is 0 Å². The SMILES string of the molecule is CC(NC(=O)c1ccc(B(O)O)c(C=O)c1)c1ncc(C(F)(F)F)[nH]1. The van der Waals surface area contributed by atoms with Crippen molar-refractivity contribution >= 4 is 24.8 Å². The first kappa shape index (κ1) is 18.7. The highest BCUT2D eigenvalue weighted by molar-refractivity contribution is 6.60. The molecule has 0 radical (unpaired) electrons. The summed E-state index contributed by atoms with van der Waals surface area (Å²) in [5.74, 6) is -0.752. The first-order chi connectivity index (χ1) is 11.6. The largest absolute Gasteiger partial charge is 0.489 e. The molecule has 1 amide bonds. The van der Waals surface area contributed by atoms with Gasteiger partial charge in [0.2, 0.25) is 0 Å². The standard InChI is InChI=1S/C14H13BF3N3O4/c1-7(12-19-5-11(21-12)14(16,17)18)20-13(23)8-2-3-10(15(24)25)9(4-8)6-22/h2-7,24-25H,1H3,(H,19,21)(H,20,23). The summed E-state index contributed by atoms with van der Waals surface area (Å²) < 4.78 is 37.6. The van der Waals surface area contributed by atoms with Gasteiger partial charge in [0.1, 0.15) is 17.8 Å². The minimum Gasteiger partial charge on any atom is -0.423 e. The lowest BCUT2D eigenvalue weighted by molar-refractivity contribution is -0.140. The third kappa shape index (κ3) is 4.25. The Hall–Kier alpha value is -2.66. The van der Waals surface area contributed by atoms with Gasteiger partial charge in [0.05, 0.1) is 12.2 Å². The maximum atomic E-state index is 12.5. The van der Waals surface area contributed by atoms with Crippen molar-refractivity contribution in [3.63, 3.8) is 0 Å². The van der Waals surface area contributed by atoms with Crippen LogP contribution in [-0.2, 0) is 6.18 Å². The number of nitrogens with zero attached hydrogens (tertiary/aromatic N) is 1. The van der Waals surface area contributed by atoms with E-state index >= 15 is 0 Å². The lowest BCUT2D eigenvalue weighted by Gasteiger charge is -2.13. The molecule has 1 aromatic carbocycles. The number of imidazole rings is 1. The van der Waals surface area contributed by atoms with E-state index in [1.807, 2.05) is 0 Å². The maximum Gasteiger partial charge on any atom is 0.489 e. The van der Waals surface area contributed by atoms with Crippen LogP contribution in [0.25, 0.3) is 0 Å². The Morgan fingerprint density at radius 3 is 2.60 bits per heavy atom. The van der Waals surface area contributed by atoms with Gasteiger partial charge in [-0.05, 0) is 24.5 Å². The Morgan fingerprint density at radius 2 is 2.08 bits per heavy atom. The predicted molar refractivity (Wildman–Crippen MR) is 81.1 cm³/mol. The van der Waals surface area contributed by atoms with E-state index in [-0.39, 0.29) is 22.4 Å². The number of amides is 1. The van der Waals surface area contributed by atoms with E-state index in [4.69, 9.17) is 10.0 Å². The third-order valence-corrected chi connectivity index (χ3v) is 3.41. The molecule has 1 heterocycles. The molecule has 1 aromatic heterocycles. The van der Waals surface area contributed by atoms with Crippen LogP contribution in [0.2, 0.25) is 0 Å². The van der Waals surface area contributed by atoms with Crippen molar-refractivity contribution in [3.8, 4) is 0 Å². The molecular weight excluding hydrogens is 342 g/mol. The minimum absolute atomic E-state index is 0.0287. The molecule has 7 nitrogen and oxygen atoms in total. The summed E-state index contributed by atoms with van der Waals surface area (Å²) >= 11 is 0. The molecule has 0 saturated carbocycles. The first-order valence-electron chi connectivity index (χ1n) is 7.01. The molecular formula is C14H13BF3N3O4. The number of hydrogen-bond donors (Lipinski definition) is 4. The van der Waals surface area contributed by atoms with Gasteiger partial charge >= 0.3 is 13.3 Å². The summed E-state index contributed by atoms with van der Waals surface area (Å²) in [5.41, 5.74) is -1.16. The summed E-state index contributed by atoms with van der Waals surface area (Å²) in [6.45, 7) is 1.43. The molecule has 0 saturated heterocycles. The fraction of sp³-hybridized carbons (Fsp3) is 0.214. The molecule has 0 aliphatic carbocycles. The summed E-state index contributed by atoms with van der Waals surface area (Å²) in [5, 5.41) is 20.7. The zero-order valence-corrected chi connectivity index (χ0v) is 12.8. The number of aromatic nitrogens is 2. The van der Waals surface area contributed by atoms with Gasteiger partial charge in [-0.3, -0.25) is 9.59 Å². The van der Waals surface area contributed by atoms with Crippen molar-refractivity contribution in [2.45, 2.75) is 19.1 Å². The van der Waals surface area contributed by atoms with Crippen LogP contribution in [0.5, 0.6) is 0 Å². The molecule has 0 bridgehead atoms. The molecule has 0 aliphatic rings. The Morgan fingerprint density at radius 1 is 1.40 bits per heavy atom. The number of halogens is 3.